The summed E-state index contributed by atoms with van der Waals surface area (Å²) in [6.45, 7) is 14.2. The molecule has 1 rings (SSSR count). The van der Waals surface area contributed by atoms with Gasteiger partial charge in [-0.15, -0.1) is 0 Å². The lowest BCUT2D eigenvalue weighted by Crippen LogP contribution is -2.41. The number of methoxy groups -OCH3 is 1. The van der Waals surface area contributed by atoms with Gasteiger partial charge in [-0.2, -0.15) is 0 Å². The van der Waals surface area contributed by atoms with Gasteiger partial charge in [0.25, 0.3) is 0 Å². The minimum atomic E-state index is -1.67. The number of Topliss-reactive ketones (excluding diaryl/α,β-unsaturated/α-hetero) is 1. The Morgan fingerprint density at radius 2 is 1.76 bits per heavy atom. The monoisotopic (exact) mass is 364 g/mol. The third-order valence-electron chi connectivity index (χ3n) is 5.31. The summed E-state index contributed by atoms with van der Waals surface area (Å²) in [6.07, 6.45) is 3.02. The van der Waals surface area contributed by atoms with Crippen LogP contribution >= 0.6 is 0 Å². The lowest BCUT2D eigenvalue weighted by Gasteiger charge is -2.36. The summed E-state index contributed by atoms with van der Waals surface area (Å²) in [7, 11) is -0.0126. The maximum absolute atomic E-state index is 12.2. The molecule has 0 radical (unpaired) electrons. The lowest BCUT2D eigenvalue weighted by atomic mass is 9.98. The van der Waals surface area contributed by atoms with Crippen molar-refractivity contribution in [2.24, 2.45) is 5.92 Å². The van der Waals surface area contributed by atoms with Crippen LogP contribution in [0.25, 0.3) is 0 Å². The van der Waals surface area contributed by atoms with Crippen LogP contribution in [0.2, 0.25) is 18.1 Å². The van der Waals surface area contributed by atoms with E-state index in [2.05, 4.69) is 40.8 Å². The van der Waals surface area contributed by atoms with Crippen LogP contribution in [0.1, 0.15) is 52.5 Å². The van der Waals surface area contributed by atoms with Gasteiger partial charge in [0, 0.05) is 19.4 Å². The molecule has 0 spiro atoms. The third kappa shape index (κ3) is 7.74. The number of ether oxygens (including phenoxy) is 1. The van der Waals surface area contributed by atoms with E-state index in [1.807, 2.05) is 24.3 Å². The second kappa shape index (κ2) is 9.53. The molecular weight excluding hydrogens is 328 g/mol. The molecule has 0 aromatic heterocycles. The van der Waals surface area contributed by atoms with E-state index in [0.29, 0.717) is 24.5 Å². The molecule has 0 N–H and O–H groups in total. The standard InChI is InChI=1S/C21H36O3Si/c1-17(14-15-24-25(6,7)21(2,3)4)16-19(22)11-8-18-9-12-20(23-5)13-10-18/h9-10,12-13,17H,8,11,14-16H2,1-7H3/t17-/m0/s1. The summed E-state index contributed by atoms with van der Waals surface area (Å²) in [4.78, 5) is 12.2. The topological polar surface area (TPSA) is 35.5 Å². The Labute approximate surface area is 155 Å². The highest BCUT2D eigenvalue weighted by molar-refractivity contribution is 6.74. The fourth-order valence-electron chi connectivity index (χ4n) is 2.40. The first-order valence-corrected chi connectivity index (χ1v) is 12.2. The van der Waals surface area contributed by atoms with Gasteiger partial charge in [0.15, 0.2) is 8.32 Å². The summed E-state index contributed by atoms with van der Waals surface area (Å²) in [6, 6.07) is 7.95. The Morgan fingerprint density at radius 1 is 1.16 bits per heavy atom. The number of hydrogen-bond donors (Lipinski definition) is 0. The molecule has 0 aliphatic rings. The van der Waals surface area contributed by atoms with Crippen LogP contribution in [0.5, 0.6) is 5.75 Å². The molecule has 0 saturated carbocycles. The van der Waals surface area contributed by atoms with E-state index in [0.717, 1.165) is 25.2 Å². The predicted octanol–water partition coefficient (Wildman–Crippen LogP) is 5.64. The molecule has 0 saturated heterocycles. The molecule has 142 valence electrons. The van der Waals surface area contributed by atoms with Gasteiger partial charge in [-0.3, -0.25) is 4.79 Å². The highest BCUT2D eigenvalue weighted by Crippen LogP contribution is 2.36. The fourth-order valence-corrected chi connectivity index (χ4v) is 3.46. The van der Waals surface area contributed by atoms with Crippen molar-refractivity contribution < 1.29 is 14.0 Å². The second-order valence-electron chi connectivity index (χ2n) is 8.59. The van der Waals surface area contributed by atoms with Gasteiger partial charge in [-0.1, -0.05) is 39.8 Å². The number of benzene rings is 1. The third-order valence-corrected chi connectivity index (χ3v) is 9.85. The highest BCUT2D eigenvalue weighted by atomic mass is 28.4. The summed E-state index contributed by atoms with van der Waals surface area (Å²) in [5, 5.41) is 0.240. The van der Waals surface area contributed by atoms with Crippen molar-refractivity contribution in [3.63, 3.8) is 0 Å². The molecule has 1 atom stereocenters. The van der Waals surface area contributed by atoms with E-state index < -0.39 is 8.32 Å². The van der Waals surface area contributed by atoms with Crippen LogP contribution in [0.4, 0.5) is 0 Å². The smallest absolute Gasteiger partial charge is 0.191 e. The summed E-state index contributed by atoms with van der Waals surface area (Å²) >= 11 is 0. The molecule has 0 fully saturated rings. The normalized spacial score (nSPS) is 13.6. The van der Waals surface area contributed by atoms with Gasteiger partial charge in [0.1, 0.15) is 11.5 Å². The van der Waals surface area contributed by atoms with Gasteiger partial charge in [-0.25, -0.2) is 0 Å². The summed E-state index contributed by atoms with van der Waals surface area (Å²) in [5.74, 6) is 1.58. The molecule has 0 heterocycles. The molecular formula is C21H36O3Si. The van der Waals surface area contributed by atoms with E-state index in [4.69, 9.17) is 9.16 Å². The molecule has 3 nitrogen and oxygen atoms in total. The van der Waals surface area contributed by atoms with Crippen LogP contribution < -0.4 is 4.74 Å². The van der Waals surface area contributed by atoms with Gasteiger partial charge in [-0.05, 0) is 54.6 Å². The van der Waals surface area contributed by atoms with E-state index in [9.17, 15) is 4.79 Å². The molecule has 4 heteroatoms. The van der Waals surface area contributed by atoms with E-state index in [1.165, 1.54) is 5.56 Å². The van der Waals surface area contributed by atoms with Crippen molar-refractivity contribution >= 4 is 14.1 Å². The fraction of sp³-hybridized carbons (Fsp3) is 0.667. The Bertz CT molecular complexity index is 529. The zero-order valence-electron chi connectivity index (χ0n) is 17.1. The first-order valence-electron chi connectivity index (χ1n) is 9.34. The summed E-state index contributed by atoms with van der Waals surface area (Å²) < 4.78 is 11.4. The Morgan fingerprint density at radius 3 is 2.28 bits per heavy atom. The molecule has 25 heavy (non-hydrogen) atoms. The number of hydrogen-bond acceptors (Lipinski definition) is 3. The van der Waals surface area contributed by atoms with Crippen LogP contribution in [-0.2, 0) is 15.6 Å². The van der Waals surface area contributed by atoms with Crippen LogP contribution in [0.15, 0.2) is 24.3 Å². The van der Waals surface area contributed by atoms with Crippen molar-refractivity contribution in [3.05, 3.63) is 29.8 Å². The van der Waals surface area contributed by atoms with E-state index in [1.54, 1.807) is 7.11 Å². The largest absolute Gasteiger partial charge is 0.497 e. The first-order chi connectivity index (χ1) is 11.5. The maximum Gasteiger partial charge on any atom is 0.191 e. The van der Waals surface area contributed by atoms with Crippen molar-refractivity contribution in [2.45, 2.75) is 71.5 Å². The molecule has 0 amide bonds. The quantitative estimate of drug-likeness (QED) is 0.504. The zero-order valence-corrected chi connectivity index (χ0v) is 18.1. The van der Waals surface area contributed by atoms with Crippen molar-refractivity contribution in [1.29, 1.82) is 0 Å². The van der Waals surface area contributed by atoms with Crippen LogP contribution in [0, 0.1) is 5.92 Å². The molecule has 0 aliphatic heterocycles. The van der Waals surface area contributed by atoms with Gasteiger partial charge >= 0.3 is 0 Å². The number of rotatable bonds is 10. The van der Waals surface area contributed by atoms with E-state index >= 15 is 0 Å². The molecule has 1 aromatic carbocycles. The molecule has 0 unspecified atom stereocenters. The van der Waals surface area contributed by atoms with E-state index in [-0.39, 0.29) is 5.04 Å². The van der Waals surface area contributed by atoms with Crippen molar-refractivity contribution in [1.82, 2.24) is 0 Å². The minimum Gasteiger partial charge on any atom is -0.497 e. The van der Waals surface area contributed by atoms with Gasteiger partial charge in [0.05, 0.1) is 7.11 Å². The SMILES string of the molecule is COc1ccc(CCC(=O)C[C@@H](C)CCO[Si](C)(C)C(C)(C)C)cc1. The van der Waals surface area contributed by atoms with Crippen LogP contribution in [-0.4, -0.2) is 27.8 Å². The van der Waals surface area contributed by atoms with Crippen molar-refractivity contribution in [3.8, 4) is 5.75 Å². The number of ketones is 1. The maximum atomic E-state index is 12.2. The zero-order chi connectivity index (χ0) is 19.1. The molecule has 1 aromatic rings. The Kier molecular flexibility index (Phi) is 8.35. The average molecular weight is 365 g/mol. The van der Waals surface area contributed by atoms with Crippen LogP contribution in [0.3, 0.4) is 0 Å². The predicted molar refractivity (Wildman–Crippen MR) is 108 cm³/mol. The number of aryl methyl sites for hydroxylation is 1. The lowest BCUT2D eigenvalue weighted by molar-refractivity contribution is -0.119. The van der Waals surface area contributed by atoms with Gasteiger partial charge < -0.3 is 9.16 Å². The molecule has 0 aliphatic carbocycles. The Hall–Kier alpha value is -1.13. The number of carbonyl (C=O) groups is 1. The Balaban J connectivity index is 2.29. The number of carbonyl (C=O) groups excluding carboxylic acids is 1. The minimum absolute atomic E-state index is 0.240. The van der Waals surface area contributed by atoms with Gasteiger partial charge in [0.2, 0.25) is 0 Å². The molecule has 0 bridgehead atoms. The average Bonchev–Trinajstić information content (AvgIpc) is 2.52. The summed E-state index contributed by atoms with van der Waals surface area (Å²) in [5.41, 5.74) is 1.18. The first kappa shape index (κ1) is 21.9. The highest BCUT2D eigenvalue weighted by Gasteiger charge is 2.36. The van der Waals surface area contributed by atoms with Crippen molar-refractivity contribution in [2.75, 3.05) is 13.7 Å². The second-order valence-corrected chi connectivity index (χ2v) is 13.4.